The molecular weight excluding hydrogens is 390 g/mol. The molecule has 28 heavy (non-hydrogen) atoms. The van der Waals surface area contributed by atoms with Crippen LogP contribution in [0.2, 0.25) is 0 Å². The number of anilines is 1. The number of pyridine rings is 1. The molecule has 1 N–H and O–H groups in total. The molecule has 0 radical (unpaired) electrons. The molecule has 0 aliphatic heterocycles. The highest BCUT2D eigenvalue weighted by molar-refractivity contribution is 5.85. The maximum Gasteiger partial charge on any atom is 0.294 e. The molecular formula is C19H19ClF2N4O2. The molecule has 1 saturated carbocycles. The predicted octanol–water partition coefficient (Wildman–Crippen LogP) is 4.18. The van der Waals surface area contributed by atoms with Crippen LogP contribution < -0.4 is 15.6 Å². The summed E-state index contributed by atoms with van der Waals surface area (Å²) in [6, 6.07) is 4.71. The van der Waals surface area contributed by atoms with E-state index < -0.39 is 17.2 Å². The van der Waals surface area contributed by atoms with Crippen LogP contribution in [-0.4, -0.2) is 20.6 Å². The number of aromatic nitrogens is 3. The first kappa shape index (κ1) is 20.0. The van der Waals surface area contributed by atoms with Gasteiger partial charge in [0, 0.05) is 30.7 Å². The van der Waals surface area contributed by atoms with Gasteiger partial charge >= 0.3 is 0 Å². The van der Waals surface area contributed by atoms with Crippen molar-refractivity contribution in [1.29, 1.82) is 0 Å². The molecule has 0 bridgehead atoms. The van der Waals surface area contributed by atoms with Gasteiger partial charge in [0.2, 0.25) is 5.95 Å². The minimum absolute atomic E-state index is 0. The molecule has 2 heterocycles. The molecule has 0 spiro atoms. The Bertz CT molecular complexity index is 1070. The van der Waals surface area contributed by atoms with Gasteiger partial charge < -0.3 is 10.1 Å². The molecule has 0 saturated heterocycles. The van der Waals surface area contributed by atoms with Gasteiger partial charge in [-0.3, -0.25) is 9.36 Å². The summed E-state index contributed by atoms with van der Waals surface area (Å²) >= 11 is 0. The minimum Gasteiger partial charge on any atom is -0.448 e. The van der Waals surface area contributed by atoms with Gasteiger partial charge in [0.25, 0.3) is 5.56 Å². The average Bonchev–Trinajstić information content (AvgIpc) is 3.15. The van der Waals surface area contributed by atoms with E-state index in [0.717, 1.165) is 25.0 Å². The van der Waals surface area contributed by atoms with Crippen molar-refractivity contribution < 1.29 is 13.5 Å². The van der Waals surface area contributed by atoms with Gasteiger partial charge in [-0.25, -0.2) is 13.8 Å². The van der Waals surface area contributed by atoms with Crippen molar-refractivity contribution in [2.24, 2.45) is 7.05 Å². The van der Waals surface area contributed by atoms with Crippen molar-refractivity contribution in [3.8, 4) is 11.5 Å². The molecule has 2 aromatic heterocycles. The molecule has 4 rings (SSSR count). The van der Waals surface area contributed by atoms with Crippen LogP contribution in [0.3, 0.4) is 0 Å². The van der Waals surface area contributed by atoms with Crippen LogP contribution in [0.15, 0.2) is 35.3 Å². The third-order valence-electron chi connectivity index (χ3n) is 4.72. The first-order chi connectivity index (χ1) is 13.0. The van der Waals surface area contributed by atoms with Crippen LogP contribution in [0.5, 0.6) is 11.5 Å². The molecule has 9 heteroatoms. The Morgan fingerprint density at radius 2 is 1.93 bits per heavy atom. The zero-order chi connectivity index (χ0) is 19.0. The molecule has 1 aromatic carbocycles. The Morgan fingerprint density at radius 1 is 1.18 bits per heavy atom. The normalized spacial score (nSPS) is 14.1. The summed E-state index contributed by atoms with van der Waals surface area (Å²) in [5.74, 6) is -1.45. The Morgan fingerprint density at radius 3 is 2.64 bits per heavy atom. The van der Waals surface area contributed by atoms with E-state index in [-0.39, 0.29) is 23.9 Å². The predicted molar refractivity (Wildman–Crippen MR) is 104 cm³/mol. The lowest BCUT2D eigenvalue weighted by atomic mass is 10.2. The topological polar surface area (TPSA) is 69.0 Å². The number of hydrogen-bond acceptors (Lipinski definition) is 5. The van der Waals surface area contributed by atoms with Gasteiger partial charge in [-0.05, 0) is 31.0 Å². The van der Waals surface area contributed by atoms with Gasteiger partial charge in [0.15, 0.2) is 17.3 Å². The maximum absolute atomic E-state index is 13.8. The number of fused-ring (bicyclic) bond motifs is 1. The zero-order valence-electron chi connectivity index (χ0n) is 15.1. The van der Waals surface area contributed by atoms with Crippen LogP contribution in [0.1, 0.15) is 25.7 Å². The molecule has 6 nitrogen and oxygen atoms in total. The summed E-state index contributed by atoms with van der Waals surface area (Å²) < 4.78 is 33.6. The van der Waals surface area contributed by atoms with E-state index >= 15 is 0 Å². The lowest BCUT2D eigenvalue weighted by Gasteiger charge is -2.13. The first-order valence-corrected chi connectivity index (χ1v) is 8.77. The third-order valence-corrected chi connectivity index (χ3v) is 4.72. The summed E-state index contributed by atoms with van der Waals surface area (Å²) in [5.41, 5.74) is -0.0285. The van der Waals surface area contributed by atoms with Gasteiger partial charge in [-0.1, -0.05) is 12.8 Å². The van der Waals surface area contributed by atoms with E-state index in [1.807, 2.05) is 0 Å². The summed E-state index contributed by atoms with van der Waals surface area (Å²) in [6.07, 6.45) is 6.12. The van der Waals surface area contributed by atoms with Gasteiger partial charge in [-0.15, -0.1) is 12.4 Å². The van der Waals surface area contributed by atoms with Gasteiger partial charge in [0.1, 0.15) is 11.5 Å². The number of hydrogen-bond donors (Lipinski definition) is 1. The van der Waals surface area contributed by atoms with E-state index in [0.29, 0.717) is 29.1 Å². The smallest absolute Gasteiger partial charge is 0.294 e. The number of nitrogens with zero attached hydrogens (tertiary/aromatic N) is 3. The molecule has 1 aliphatic rings. The number of rotatable bonds is 4. The Labute approximate surface area is 166 Å². The summed E-state index contributed by atoms with van der Waals surface area (Å²) in [7, 11) is 1.56. The minimum atomic E-state index is -0.885. The van der Waals surface area contributed by atoms with E-state index in [1.165, 1.54) is 23.5 Å². The molecule has 1 aliphatic carbocycles. The number of halogens is 3. The maximum atomic E-state index is 13.8. The highest BCUT2D eigenvalue weighted by Crippen LogP contribution is 2.25. The third kappa shape index (κ3) is 3.91. The van der Waals surface area contributed by atoms with Crippen LogP contribution in [0.4, 0.5) is 14.7 Å². The average molecular weight is 409 g/mol. The Hall–Kier alpha value is -2.74. The first-order valence-electron chi connectivity index (χ1n) is 8.77. The second kappa shape index (κ2) is 8.10. The van der Waals surface area contributed by atoms with Crippen molar-refractivity contribution in [2.45, 2.75) is 31.7 Å². The standard InChI is InChI=1S/C19H18F2N4O2.ClH/c1-25-17-11(10-22-19(24-17)23-13-4-2-3-5-13)8-16(18(25)26)27-15-7-6-12(20)9-14(15)21;/h6-10,13H,2-5H2,1H3,(H,22,23,24);1H. The molecule has 0 unspecified atom stereocenters. The highest BCUT2D eigenvalue weighted by atomic mass is 35.5. The zero-order valence-corrected chi connectivity index (χ0v) is 15.9. The monoisotopic (exact) mass is 408 g/mol. The molecule has 0 amide bonds. The largest absolute Gasteiger partial charge is 0.448 e. The van der Waals surface area contributed by atoms with E-state index in [9.17, 15) is 13.6 Å². The molecule has 1 fully saturated rings. The number of nitrogens with one attached hydrogen (secondary N) is 1. The number of aryl methyl sites for hydroxylation is 1. The van der Waals surface area contributed by atoms with Crippen molar-refractivity contribution >= 4 is 29.4 Å². The van der Waals surface area contributed by atoms with Crippen molar-refractivity contribution in [3.63, 3.8) is 0 Å². The molecule has 0 atom stereocenters. The fourth-order valence-electron chi connectivity index (χ4n) is 3.29. The van der Waals surface area contributed by atoms with Gasteiger partial charge in [-0.2, -0.15) is 4.98 Å². The second-order valence-corrected chi connectivity index (χ2v) is 6.65. The second-order valence-electron chi connectivity index (χ2n) is 6.65. The summed E-state index contributed by atoms with van der Waals surface area (Å²) in [5, 5.41) is 3.87. The van der Waals surface area contributed by atoms with Crippen LogP contribution >= 0.6 is 12.4 Å². The van der Waals surface area contributed by atoms with E-state index in [2.05, 4.69) is 15.3 Å². The highest BCUT2D eigenvalue weighted by Gasteiger charge is 2.17. The molecule has 3 aromatic rings. The summed E-state index contributed by atoms with van der Waals surface area (Å²) in [6.45, 7) is 0. The van der Waals surface area contributed by atoms with E-state index in [4.69, 9.17) is 4.74 Å². The van der Waals surface area contributed by atoms with Crippen LogP contribution in [0, 0.1) is 11.6 Å². The van der Waals surface area contributed by atoms with Crippen molar-refractivity contribution in [3.05, 3.63) is 52.5 Å². The summed E-state index contributed by atoms with van der Waals surface area (Å²) in [4.78, 5) is 21.3. The Balaban J connectivity index is 0.00000225. The SMILES string of the molecule is Cl.Cn1c(=O)c(Oc2ccc(F)cc2F)cc2cnc(NC3CCCC3)nc21. The number of ether oxygens (including phenoxy) is 1. The lowest BCUT2D eigenvalue weighted by molar-refractivity contribution is 0.430. The Kier molecular flexibility index (Phi) is 5.79. The number of benzene rings is 1. The van der Waals surface area contributed by atoms with Crippen molar-refractivity contribution in [2.75, 3.05) is 5.32 Å². The molecule has 148 valence electrons. The van der Waals surface area contributed by atoms with E-state index in [1.54, 1.807) is 13.2 Å². The lowest BCUT2D eigenvalue weighted by Crippen LogP contribution is -2.21. The van der Waals surface area contributed by atoms with Crippen LogP contribution in [0.25, 0.3) is 11.0 Å². The van der Waals surface area contributed by atoms with Gasteiger partial charge in [0.05, 0.1) is 0 Å². The quantitative estimate of drug-likeness (QED) is 0.701. The van der Waals surface area contributed by atoms with Crippen molar-refractivity contribution in [1.82, 2.24) is 14.5 Å². The van der Waals surface area contributed by atoms with Crippen LogP contribution in [-0.2, 0) is 7.05 Å². The fourth-order valence-corrected chi connectivity index (χ4v) is 3.29. The fraction of sp³-hybridized carbons (Fsp3) is 0.316.